The fourth-order valence-corrected chi connectivity index (χ4v) is 4.42. The third-order valence-electron chi connectivity index (χ3n) is 6.21. The smallest absolute Gasteiger partial charge is 0.230 e. The maximum absolute atomic E-state index is 13.0. The van der Waals surface area contributed by atoms with Gasteiger partial charge in [-0.1, -0.05) is 25.1 Å². The fourth-order valence-electron chi connectivity index (χ4n) is 4.42. The molecule has 1 aliphatic heterocycles. The van der Waals surface area contributed by atoms with Crippen LogP contribution in [0.25, 0.3) is 0 Å². The number of benzene rings is 1. The van der Waals surface area contributed by atoms with Gasteiger partial charge in [0.05, 0.1) is 0 Å². The summed E-state index contributed by atoms with van der Waals surface area (Å²) in [5.41, 5.74) is 0.969. The number of hydrogen-bond acceptors (Lipinski definition) is 3. The van der Waals surface area contributed by atoms with Gasteiger partial charge in [-0.3, -0.25) is 9.59 Å². The molecule has 2 amide bonds. The van der Waals surface area contributed by atoms with Crippen LogP contribution in [0.4, 0.5) is 5.69 Å². The summed E-state index contributed by atoms with van der Waals surface area (Å²) in [7, 11) is 0. The molecule has 1 saturated carbocycles. The largest absolute Gasteiger partial charge is 0.340 e. The second-order valence-electron chi connectivity index (χ2n) is 7.73. The van der Waals surface area contributed by atoms with Crippen LogP contribution in [0.1, 0.15) is 39.5 Å². The van der Waals surface area contributed by atoms with Gasteiger partial charge in [0.1, 0.15) is 0 Å². The molecule has 27 heavy (non-hydrogen) atoms. The van der Waals surface area contributed by atoms with Gasteiger partial charge in [-0.25, -0.2) is 0 Å². The van der Waals surface area contributed by atoms with Crippen LogP contribution in [0.15, 0.2) is 30.3 Å². The highest BCUT2D eigenvalue weighted by atomic mass is 16.2. The summed E-state index contributed by atoms with van der Waals surface area (Å²) >= 11 is 0. The Morgan fingerprint density at radius 3 is 2.07 bits per heavy atom. The van der Waals surface area contributed by atoms with E-state index in [0.717, 1.165) is 64.1 Å². The van der Waals surface area contributed by atoms with Gasteiger partial charge < -0.3 is 14.7 Å². The molecule has 0 bridgehead atoms. The standard InChI is InChI=1S/C22H33N3O2/c1-3-23-14-16-24(17-15-23)21(26)18-10-12-19(13-11-18)22(27)25(4-2)20-8-6-5-7-9-20/h5-9,18-19H,3-4,10-17H2,1-2H3. The number of carbonyl (C=O) groups excluding carboxylic acids is 2. The van der Waals surface area contributed by atoms with Gasteiger partial charge in [0.15, 0.2) is 0 Å². The zero-order valence-electron chi connectivity index (χ0n) is 16.8. The molecule has 1 heterocycles. The first-order valence-electron chi connectivity index (χ1n) is 10.5. The SMILES string of the molecule is CCN1CCN(C(=O)C2CCC(C(=O)N(CC)c3ccccc3)CC2)CC1. The number of carbonyl (C=O) groups is 2. The van der Waals surface area contributed by atoms with Gasteiger partial charge >= 0.3 is 0 Å². The van der Waals surface area contributed by atoms with Gasteiger partial charge in [0, 0.05) is 50.2 Å². The summed E-state index contributed by atoms with van der Waals surface area (Å²) in [6.07, 6.45) is 3.34. The van der Waals surface area contributed by atoms with Crippen LogP contribution in [-0.4, -0.2) is 60.9 Å². The highest BCUT2D eigenvalue weighted by molar-refractivity contribution is 5.95. The molecule has 5 nitrogen and oxygen atoms in total. The molecule has 2 fully saturated rings. The van der Waals surface area contributed by atoms with Crippen molar-refractivity contribution in [2.45, 2.75) is 39.5 Å². The summed E-state index contributed by atoms with van der Waals surface area (Å²) in [4.78, 5) is 32.2. The molecular formula is C22H33N3O2. The summed E-state index contributed by atoms with van der Waals surface area (Å²) < 4.78 is 0. The number of likely N-dealkylation sites (N-methyl/N-ethyl adjacent to an activating group) is 1. The summed E-state index contributed by atoms with van der Waals surface area (Å²) in [5.74, 6) is 0.679. The van der Waals surface area contributed by atoms with Crippen molar-refractivity contribution >= 4 is 17.5 Å². The Hall–Kier alpha value is -1.88. The van der Waals surface area contributed by atoms with Gasteiger partial charge in [0.2, 0.25) is 11.8 Å². The van der Waals surface area contributed by atoms with Crippen molar-refractivity contribution < 1.29 is 9.59 Å². The fraction of sp³-hybridized carbons (Fsp3) is 0.636. The van der Waals surface area contributed by atoms with Crippen LogP contribution in [0, 0.1) is 11.8 Å². The van der Waals surface area contributed by atoms with Crippen LogP contribution in [0.2, 0.25) is 0 Å². The molecule has 0 spiro atoms. The van der Waals surface area contributed by atoms with Crippen LogP contribution >= 0.6 is 0 Å². The number of piperazine rings is 1. The number of hydrogen-bond donors (Lipinski definition) is 0. The van der Waals surface area contributed by atoms with E-state index >= 15 is 0 Å². The molecule has 0 N–H and O–H groups in total. The zero-order chi connectivity index (χ0) is 19.2. The Kier molecular flexibility index (Phi) is 6.89. The molecule has 0 unspecified atom stereocenters. The van der Waals surface area contributed by atoms with E-state index in [1.807, 2.05) is 47.1 Å². The number of para-hydroxylation sites is 1. The highest BCUT2D eigenvalue weighted by Gasteiger charge is 2.34. The first kappa shape index (κ1) is 19.9. The number of nitrogens with zero attached hydrogens (tertiary/aromatic N) is 3. The zero-order valence-corrected chi connectivity index (χ0v) is 16.8. The average molecular weight is 372 g/mol. The molecule has 3 rings (SSSR count). The van der Waals surface area contributed by atoms with Gasteiger partial charge in [-0.15, -0.1) is 0 Å². The molecule has 1 aromatic rings. The summed E-state index contributed by atoms with van der Waals surface area (Å²) in [5, 5.41) is 0. The molecule has 148 valence electrons. The Bertz CT molecular complexity index is 618. The van der Waals surface area contributed by atoms with E-state index in [1.165, 1.54) is 0 Å². The van der Waals surface area contributed by atoms with E-state index in [1.54, 1.807) is 0 Å². The maximum atomic E-state index is 13.0. The van der Waals surface area contributed by atoms with Gasteiger partial charge in [-0.2, -0.15) is 0 Å². The summed E-state index contributed by atoms with van der Waals surface area (Å²) in [6, 6.07) is 9.90. The van der Waals surface area contributed by atoms with Crippen molar-refractivity contribution in [2.24, 2.45) is 11.8 Å². The van der Waals surface area contributed by atoms with Crippen LogP contribution in [-0.2, 0) is 9.59 Å². The molecule has 1 aliphatic carbocycles. The Morgan fingerprint density at radius 1 is 0.926 bits per heavy atom. The third-order valence-corrected chi connectivity index (χ3v) is 6.21. The van der Waals surface area contributed by atoms with Crippen molar-refractivity contribution in [1.29, 1.82) is 0 Å². The molecule has 0 atom stereocenters. The lowest BCUT2D eigenvalue weighted by Crippen LogP contribution is -2.50. The van der Waals surface area contributed by atoms with Gasteiger partial charge in [-0.05, 0) is 51.3 Å². The summed E-state index contributed by atoms with van der Waals surface area (Å²) in [6.45, 7) is 9.61. The minimum Gasteiger partial charge on any atom is -0.340 e. The lowest BCUT2D eigenvalue weighted by Gasteiger charge is -2.38. The normalized spacial score (nSPS) is 23.9. The topological polar surface area (TPSA) is 43.9 Å². The van der Waals surface area contributed by atoms with Crippen LogP contribution in [0.5, 0.6) is 0 Å². The molecule has 0 aromatic heterocycles. The minimum absolute atomic E-state index is 0.0474. The molecule has 2 aliphatic rings. The van der Waals surface area contributed by atoms with Crippen molar-refractivity contribution in [3.8, 4) is 0 Å². The first-order chi connectivity index (χ1) is 13.1. The second-order valence-corrected chi connectivity index (χ2v) is 7.73. The van der Waals surface area contributed by atoms with E-state index in [9.17, 15) is 9.59 Å². The van der Waals surface area contributed by atoms with Crippen molar-refractivity contribution in [3.63, 3.8) is 0 Å². The third kappa shape index (κ3) is 4.70. The Balaban J connectivity index is 1.52. The maximum Gasteiger partial charge on any atom is 0.230 e. The van der Waals surface area contributed by atoms with Crippen molar-refractivity contribution in [2.75, 3.05) is 44.2 Å². The predicted molar refractivity (Wildman–Crippen MR) is 109 cm³/mol. The Labute approximate surface area is 163 Å². The predicted octanol–water partition coefficient (Wildman–Crippen LogP) is 3.01. The number of amides is 2. The van der Waals surface area contributed by atoms with E-state index in [2.05, 4.69) is 11.8 Å². The molecular weight excluding hydrogens is 338 g/mol. The minimum atomic E-state index is 0.0474. The number of anilines is 1. The lowest BCUT2D eigenvalue weighted by molar-refractivity contribution is -0.139. The van der Waals surface area contributed by atoms with E-state index in [4.69, 9.17) is 0 Å². The average Bonchev–Trinajstić information content (AvgIpc) is 2.74. The van der Waals surface area contributed by atoms with Crippen LogP contribution < -0.4 is 4.90 Å². The van der Waals surface area contributed by atoms with Crippen LogP contribution in [0.3, 0.4) is 0 Å². The quantitative estimate of drug-likeness (QED) is 0.799. The molecule has 5 heteroatoms. The van der Waals surface area contributed by atoms with E-state index in [-0.39, 0.29) is 17.7 Å². The highest BCUT2D eigenvalue weighted by Crippen LogP contribution is 2.32. The molecule has 0 radical (unpaired) electrons. The lowest BCUT2D eigenvalue weighted by atomic mass is 9.80. The monoisotopic (exact) mass is 371 g/mol. The van der Waals surface area contributed by atoms with Gasteiger partial charge in [0.25, 0.3) is 0 Å². The number of rotatable bonds is 5. The van der Waals surface area contributed by atoms with E-state index in [0.29, 0.717) is 12.5 Å². The first-order valence-corrected chi connectivity index (χ1v) is 10.5. The Morgan fingerprint density at radius 2 is 1.52 bits per heavy atom. The van der Waals surface area contributed by atoms with E-state index < -0.39 is 0 Å². The van der Waals surface area contributed by atoms with Crippen molar-refractivity contribution in [1.82, 2.24) is 9.80 Å². The second kappa shape index (κ2) is 9.36. The molecule has 1 aromatic carbocycles. The molecule has 1 saturated heterocycles. The van der Waals surface area contributed by atoms with Crippen molar-refractivity contribution in [3.05, 3.63) is 30.3 Å².